The maximum Gasteiger partial charge on any atom is 0.328 e. The summed E-state index contributed by atoms with van der Waals surface area (Å²) in [6.45, 7) is 0. The Kier molecular flexibility index (Phi) is 8.10. The summed E-state index contributed by atoms with van der Waals surface area (Å²) in [6.07, 6.45) is 0. The van der Waals surface area contributed by atoms with Gasteiger partial charge in [0.2, 0.25) is 0 Å². The Morgan fingerprint density at radius 2 is 1.88 bits per heavy atom. The molecule has 1 N–H and O–H groups in total. The van der Waals surface area contributed by atoms with Crippen molar-refractivity contribution in [2.45, 2.75) is 0 Å². The molecule has 0 aliphatic heterocycles. The molecule has 125 valence electrons. The summed E-state index contributed by atoms with van der Waals surface area (Å²) in [5, 5.41) is 9.52. The molecule has 10 heteroatoms. The zero-order valence-corrected chi connectivity index (χ0v) is 16.4. The van der Waals surface area contributed by atoms with Crippen molar-refractivity contribution in [3.63, 3.8) is 0 Å². The maximum atomic E-state index is 13.6. The van der Waals surface area contributed by atoms with E-state index in [1.807, 2.05) is 0 Å². The van der Waals surface area contributed by atoms with Crippen LogP contribution in [-0.2, 0) is 21.1 Å². The summed E-state index contributed by atoms with van der Waals surface area (Å²) in [4.78, 5) is 1.36. The van der Waals surface area contributed by atoms with E-state index in [4.69, 9.17) is 45.2 Å². The first-order chi connectivity index (χ1) is 10.8. The molecular weight excluding hydrogens is 462 g/mol. The Morgan fingerprint density at radius 1 is 1.21 bits per heavy atom. The van der Waals surface area contributed by atoms with Crippen LogP contribution in [0.3, 0.4) is 0 Å². The molecule has 0 amide bonds. The Hall–Kier alpha value is -0.717. The van der Waals surface area contributed by atoms with Crippen molar-refractivity contribution in [3.8, 4) is 5.75 Å². The van der Waals surface area contributed by atoms with Crippen LogP contribution >= 0.6 is 35.4 Å². The van der Waals surface area contributed by atoms with Crippen molar-refractivity contribution >= 4 is 59.2 Å². The van der Waals surface area contributed by atoms with Crippen LogP contribution in [0.15, 0.2) is 30.3 Å². The minimum atomic E-state index is -0.882. The van der Waals surface area contributed by atoms with Gasteiger partial charge < -0.3 is 14.7 Å². The average Bonchev–Trinajstić information content (AvgIpc) is 2.49. The molecule has 0 fully saturated rings. The van der Waals surface area contributed by atoms with Gasteiger partial charge in [-0.05, 0) is 41.9 Å². The zero-order chi connectivity index (χ0) is 17.1. The Morgan fingerprint density at radius 3 is 2.46 bits per heavy atom. The number of halogens is 4. The van der Waals surface area contributed by atoms with E-state index in [2.05, 4.69) is 0 Å². The first-order valence-electron chi connectivity index (χ1n) is 6.20. The van der Waals surface area contributed by atoms with Crippen molar-refractivity contribution in [3.05, 3.63) is 52.0 Å². The molecule has 0 saturated heterocycles. The van der Waals surface area contributed by atoms with Crippen LogP contribution in [0, 0.1) is 11.6 Å². The second-order valence-electron chi connectivity index (χ2n) is 4.46. The standard InChI is InChI=1S/C14H9BCl2F2NO2S.Mo/c1-20(12-5-8(15-21)9(16)6-10(12)17)14(23)22-13-3-2-7(18)4-11(13)19;/h2-6,21H,1H3;. The summed E-state index contributed by atoms with van der Waals surface area (Å²) in [5.41, 5.74) is 0.720. The van der Waals surface area contributed by atoms with E-state index in [1.54, 1.807) is 7.05 Å². The van der Waals surface area contributed by atoms with Gasteiger partial charge in [0.1, 0.15) is 5.82 Å². The molecule has 0 spiro atoms. The van der Waals surface area contributed by atoms with E-state index >= 15 is 0 Å². The first-order valence-corrected chi connectivity index (χ1v) is 7.37. The van der Waals surface area contributed by atoms with Gasteiger partial charge in [-0.2, -0.15) is 0 Å². The Bertz CT molecular complexity index is 770. The summed E-state index contributed by atoms with van der Waals surface area (Å²) in [6, 6.07) is 5.78. The molecule has 0 atom stereocenters. The number of rotatable bonds is 3. The zero-order valence-electron chi connectivity index (χ0n) is 12.1. The molecule has 3 nitrogen and oxygen atoms in total. The van der Waals surface area contributed by atoms with Gasteiger partial charge in [-0.3, -0.25) is 0 Å². The Labute approximate surface area is 168 Å². The van der Waals surface area contributed by atoms with Crippen LogP contribution in [0.4, 0.5) is 14.5 Å². The summed E-state index contributed by atoms with van der Waals surface area (Å²) in [5.74, 6) is -1.83. The molecule has 0 aliphatic carbocycles. The number of hydrogen-bond donors (Lipinski definition) is 1. The molecule has 0 aromatic heterocycles. The van der Waals surface area contributed by atoms with Gasteiger partial charge in [-0.1, -0.05) is 23.2 Å². The van der Waals surface area contributed by atoms with Crippen LogP contribution in [0.2, 0.25) is 10.0 Å². The molecule has 0 heterocycles. The molecule has 24 heavy (non-hydrogen) atoms. The number of thiocarbonyl (C=S) groups is 1. The Balaban J connectivity index is 0.00000288. The van der Waals surface area contributed by atoms with E-state index in [0.29, 0.717) is 17.2 Å². The normalized spacial score (nSPS) is 9.92. The number of hydrogen-bond acceptors (Lipinski definition) is 3. The second kappa shape index (κ2) is 9.11. The van der Waals surface area contributed by atoms with E-state index in [1.165, 1.54) is 17.0 Å². The van der Waals surface area contributed by atoms with E-state index in [9.17, 15) is 8.78 Å². The third-order valence-corrected chi connectivity index (χ3v) is 3.92. The van der Waals surface area contributed by atoms with Crippen molar-refractivity contribution < 1.29 is 39.6 Å². The van der Waals surface area contributed by atoms with Crippen molar-refractivity contribution in [2.24, 2.45) is 0 Å². The predicted octanol–water partition coefficient (Wildman–Crippen LogP) is 3.31. The van der Waals surface area contributed by atoms with Crippen molar-refractivity contribution in [1.29, 1.82) is 0 Å². The largest absolute Gasteiger partial charge is 0.450 e. The molecule has 2 rings (SSSR count). The minimum absolute atomic E-state index is 0. The van der Waals surface area contributed by atoms with Crippen LogP contribution in [0.25, 0.3) is 0 Å². The average molecular weight is 471 g/mol. The SMILES string of the molecule is CN(C(=S)Oc1ccc(F)cc1F)c1cc([B]O)c(Cl)cc1Cl.[Mo]. The van der Waals surface area contributed by atoms with Gasteiger partial charge in [0.05, 0.1) is 10.7 Å². The van der Waals surface area contributed by atoms with E-state index < -0.39 is 11.6 Å². The summed E-state index contributed by atoms with van der Waals surface area (Å²) >= 11 is 17.1. The van der Waals surface area contributed by atoms with Gasteiger partial charge in [0.15, 0.2) is 11.6 Å². The summed E-state index contributed by atoms with van der Waals surface area (Å²) in [7, 11) is 2.36. The van der Waals surface area contributed by atoms with Crippen LogP contribution in [-0.4, -0.2) is 24.7 Å². The number of ether oxygens (including phenoxy) is 1. The third kappa shape index (κ3) is 4.90. The summed E-state index contributed by atoms with van der Waals surface area (Å²) < 4.78 is 31.7. The molecule has 1 radical (unpaired) electrons. The molecule has 0 unspecified atom stereocenters. The number of anilines is 1. The van der Waals surface area contributed by atoms with E-state index in [0.717, 1.165) is 19.6 Å². The fraction of sp³-hybridized carbons (Fsp3) is 0.0714. The maximum absolute atomic E-state index is 13.6. The van der Waals surface area contributed by atoms with Crippen LogP contribution in [0.5, 0.6) is 5.75 Å². The fourth-order valence-electron chi connectivity index (χ4n) is 1.73. The minimum Gasteiger partial charge on any atom is -0.450 e. The molecule has 2 aromatic carbocycles. The molecule has 2 aromatic rings. The smallest absolute Gasteiger partial charge is 0.328 e. The van der Waals surface area contributed by atoms with Crippen LogP contribution in [0.1, 0.15) is 0 Å². The van der Waals surface area contributed by atoms with Gasteiger partial charge >= 0.3 is 7.48 Å². The van der Waals surface area contributed by atoms with Crippen molar-refractivity contribution in [2.75, 3.05) is 11.9 Å². The topological polar surface area (TPSA) is 32.7 Å². The van der Waals surface area contributed by atoms with Crippen LogP contribution < -0.4 is 15.1 Å². The van der Waals surface area contributed by atoms with Gasteiger partial charge in [-0.15, -0.1) is 0 Å². The molecule has 0 aliphatic rings. The second-order valence-corrected chi connectivity index (χ2v) is 5.62. The predicted molar refractivity (Wildman–Crippen MR) is 92.1 cm³/mol. The molecular formula is C14H9BCl2F2MoNO2S. The molecule has 0 saturated carbocycles. The third-order valence-electron chi connectivity index (χ3n) is 2.93. The quantitative estimate of drug-likeness (QED) is 0.551. The monoisotopic (exact) mass is 472 g/mol. The first kappa shape index (κ1) is 21.3. The van der Waals surface area contributed by atoms with Crippen molar-refractivity contribution in [1.82, 2.24) is 0 Å². The van der Waals surface area contributed by atoms with E-state index in [-0.39, 0.29) is 42.0 Å². The fourth-order valence-corrected chi connectivity index (χ4v) is 2.48. The molecule has 0 bridgehead atoms. The van der Waals surface area contributed by atoms with Gasteiger partial charge in [0, 0.05) is 39.2 Å². The number of nitrogens with zero attached hydrogens (tertiary/aromatic N) is 1. The van der Waals surface area contributed by atoms with Gasteiger partial charge in [0.25, 0.3) is 5.17 Å². The van der Waals surface area contributed by atoms with Gasteiger partial charge in [-0.25, -0.2) is 8.78 Å². The number of benzene rings is 2.